The number of nitrogens with zero attached hydrogens (tertiary/aromatic N) is 1. The van der Waals surface area contributed by atoms with Gasteiger partial charge in [-0.3, -0.25) is 9.59 Å². The summed E-state index contributed by atoms with van der Waals surface area (Å²) in [7, 11) is 5.96. The lowest BCUT2D eigenvalue weighted by Crippen LogP contribution is -2.40. The van der Waals surface area contributed by atoms with Gasteiger partial charge in [0.1, 0.15) is 13.2 Å². The van der Waals surface area contributed by atoms with Gasteiger partial charge in [0.05, 0.1) is 34.4 Å². The van der Waals surface area contributed by atoms with Crippen LogP contribution in [0.15, 0.2) is 12.2 Å². The Morgan fingerprint density at radius 3 is 1.25 bits per heavy atom. The van der Waals surface area contributed by atoms with Crippen molar-refractivity contribution in [3.63, 3.8) is 0 Å². The first-order chi connectivity index (χ1) is 28.6. The van der Waals surface area contributed by atoms with Gasteiger partial charge in [0.2, 0.25) is 0 Å². The molecule has 9 heteroatoms. The SMILES string of the molecule is CCCCCCCC/C=C\CCCCCCCCCC(=O)OC(COC(=O)CCCCCCCCCCCCCCCCCCC)COC(OCC[N+](C)(C)C)C(=O)O. The molecule has 0 aromatic rings. The molecule has 0 aromatic heterocycles. The number of carbonyl (C=O) groups is 3. The number of hydrogen-bond donors (Lipinski definition) is 1. The molecule has 0 rings (SSSR count). The van der Waals surface area contributed by atoms with Crippen molar-refractivity contribution in [1.82, 2.24) is 0 Å². The number of ether oxygens (including phenoxy) is 4. The lowest BCUT2D eigenvalue weighted by Gasteiger charge is -2.25. The number of rotatable bonds is 46. The van der Waals surface area contributed by atoms with Crippen molar-refractivity contribution < 1.29 is 42.9 Å². The van der Waals surface area contributed by atoms with Gasteiger partial charge in [-0.25, -0.2) is 4.79 Å². The number of quaternary nitrogens is 1. The standard InChI is InChI=1S/C50H95NO8/c1-6-8-10-12-14-16-18-20-22-24-26-28-30-32-34-36-38-40-47(52)57-44-46(45-58-50(49(54)55)56-43-42-51(3,4)5)59-48(53)41-39-37-35-33-31-29-27-25-23-21-19-17-15-13-11-9-7-2/h21,23,46,50H,6-20,22,24-45H2,1-5H3/p+1/b23-21-. The molecule has 0 aliphatic carbocycles. The zero-order valence-electron chi connectivity index (χ0n) is 39.4. The summed E-state index contributed by atoms with van der Waals surface area (Å²) in [6.45, 7) is 4.90. The highest BCUT2D eigenvalue weighted by atomic mass is 16.7. The monoisotopic (exact) mass is 839 g/mol. The van der Waals surface area contributed by atoms with Crippen LogP contribution in [0.2, 0.25) is 0 Å². The molecule has 0 radical (unpaired) electrons. The normalized spacial score (nSPS) is 12.9. The van der Waals surface area contributed by atoms with Crippen molar-refractivity contribution in [2.75, 3.05) is 47.5 Å². The average molecular weight is 839 g/mol. The van der Waals surface area contributed by atoms with Crippen LogP contribution in [0.4, 0.5) is 0 Å². The number of hydrogen-bond acceptors (Lipinski definition) is 7. The first-order valence-corrected chi connectivity index (χ1v) is 24.9. The molecule has 0 saturated heterocycles. The molecule has 9 nitrogen and oxygen atoms in total. The molecule has 348 valence electrons. The van der Waals surface area contributed by atoms with Gasteiger partial charge in [-0.15, -0.1) is 0 Å². The van der Waals surface area contributed by atoms with Crippen LogP contribution in [-0.2, 0) is 33.3 Å². The van der Waals surface area contributed by atoms with Crippen molar-refractivity contribution in [3.05, 3.63) is 12.2 Å². The van der Waals surface area contributed by atoms with Crippen LogP contribution in [0.1, 0.15) is 232 Å². The highest BCUT2D eigenvalue weighted by Gasteiger charge is 2.25. The smallest absolute Gasteiger partial charge is 0.361 e. The van der Waals surface area contributed by atoms with E-state index in [0.717, 1.165) is 51.4 Å². The predicted molar refractivity (Wildman–Crippen MR) is 245 cm³/mol. The number of esters is 2. The molecule has 1 N–H and O–H groups in total. The third-order valence-corrected chi connectivity index (χ3v) is 11.0. The van der Waals surface area contributed by atoms with Gasteiger partial charge in [0, 0.05) is 12.8 Å². The van der Waals surface area contributed by atoms with Crippen molar-refractivity contribution in [3.8, 4) is 0 Å². The second kappa shape index (κ2) is 42.7. The van der Waals surface area contributed by atoms with E-state index in [4.69, 9.17) is 18.9 Å². The second-order valence-corrected chi connectivity index (χ2v) is 18.1. The van der Waals surface area contributed by atoms with Crippen LogP contribution < -0.4 is 0 Å². The first-order valence-electron chi connectivity index (χ1n) is 24.9. The van der Waals surface area contributed by atoms with Gasteiger partial charge in [-0.05, 0) is 38.5 Å². The first kappa shape index (κ1) is 57.0. The van der Waals surface area contributed by atoms with Gasteiger partial charge >= 0.3 is 17.9 Å². The minimum absolute atomic E-state index is 0.178. The Labute approximate surface area is 364 Å². The van der Waals surface area contributed by atoms with E-state index in [-0.39, 0.29) is 32.2 Å². The molecule has 0 aromatic carbocycles. The molecule has 0 aliphatic rings. The molecule has 0 amide bonds. The Balaban J connectivity index is 4.35. The zero-order chi connectivity index (χ0) is 43.5. The molecule has 0 aliphatic heterocycles. The molecule has 0 saturated carbocycles. The Morgan fingerprint density at radius 2 is 0.864 bits per heavy atom. The Hall–Kier alpha value is -1.97. The second-order valence-electron chi connectivity index (χ2n) is 18.1. The van der Waals surface area contributed by atoms with E-state index in [1.807, 2.05) is 21.1 Å². The Morgan fingerprint density at radius 1 is 0.492 bits per heavy atom. The number of unbranched alkanes of at least 4 members (excludes halogenated alkanes) is 29. The predicted octanol–water partition coefficient (Wildman–Crippen LogP) is 13.5. The fourth-order valence-corrected chi connectivity index (χ4v) is 7.13. The molecule has 0 bridgehead atoms. The number of carboxylic acid groups (broad SMARTS) is 1. The highest BCUT2D eigenvalue weighted by Crippen LogP contribution is 2.16. The zero-order valence-corrected chi connectivity index (χ0v) is 39.4. The summed E-state index contributed by atoms with van der Waals surface area (Å²) in [6.07, 6.45) is 42.6. The quantitative estimate of drug-likeness (QED) is 0.0212. The summed E-state index contributed by atoms with van der Waals surface area (Å²) < 4.78 is 22.8. The molecule has 0 spiro atoms. The summed E-state index contributed by atoms with van der Waals surface area (Å²) in [5.74, 6) is -1.99. The van der Waals surface area contributed by atoms with Crippen LogP contribution in [0.5, 0.6) is 0 Å². The van der Waals surface area contributed by atoms with E-state index >= 15 is 0 Å². The number of aliphatic carboxylic acids is 1. The molecule has 2 atom stereocenters. The fraction of sp³-hybridized carbons (Fsp3) is 0.900. The van der Waals surface area contributed by atoms with Gasteiger partial charge < -0.3 is 28.5 Å². The summed E-state index contributed by atoms with van der Waals surface area (Å²) >= 11 is 0. The van der Waals surface area contributed by atoms with E-state index in [1.165, 1.54) is 154 Å². The summed E-state index contributed by atoms with van der Waals surface area (Å²) in [6, 6.07) is 0. The summed E-state index contributed by atoms with van der Waals surface area (Å²) in [5.41, 5.74) is 0. The van der Waals surface area contributed by atoms with Crippen LogP contribution in [0.3, 0.4) is 0 Å². The van der Waals surface area contributed by atoms with Crippen LogP contribution >= 0.6 is 0 Å². The van der Waals surface area contributed by atoms with Crippen molar-refractivity contribution in [2.45, 2.75) is 245 Å². The summed E-state index contributed by atoms with van der Waals surface area (Å²) in [5, 5.41) is 9.65. The van der Waals surface area contributed by atoms with E-state index in [0.29, 0.717) is 17.4 Å². The molecule has 2 unspecified atom stereocenters. The van der Waals surface area contributed by atoms with Gasteiger partial charge in [0.15, 0.2) is 6.10 Å². The Kier molecular flexibility index (Phi) is 41.3. The van der Waals surface area contributed by atoms with E-state index in [2.05, 4.69) is 26.0 Å². The summed E-state index contributed by atoms with van der Waals surface area (Å²) in [4.78, 5) is 37.2. The maximum Gasteiger partial charge on any atom is 0.361 e. The average Bonchev–Trinajstić information content (AvgIpc) is 3.19. The van der Waals surface area contributed by atoms with Crippen LogP contribution in [0.25, 0.3) is 0 Å². The van der Waals surface area contributed by atoms with E-state index in [1.54, 1.807) is 0 Å². The van der Waals surface area contributed by atoms with Crippen LogP contribution in [0, 0.1) is 0 Å². The Bertz CT molecular complexity index is 980. The maximum absolute atomic E-state index is 12.8. The van der Waals surface area contributed by atoms with Crippen molar-refractivity contribution in [1.29, 1.82) is 0 Å². The number of likely N-dealkylation sites (N-methyl/N-ethyl adjacent to an activating group) is 1. The van der Waals surface area contributed by atoms with Crippen LogP contribution in [-0.4, -0.2) is 87.4 Å². The number of carbonyl (C=O) groups excluding carboxylic acids is 2. The largest absolute Gasteiger partial charge is 0.477 e. The maximum atomic E-state index is 12.8. The lowest BCUT2D eigenvalue weighted by atomic mass is 10.0. The number of allylic oxidation sites excluding steroid dienone is 2. The fourth-order valence-electron chi connectivity index (χ4n) is 7.13. The third kappa shape index (κ3) is 43.9. The molecule has 0 heterocycles. The topological polar surface area (TPSA) is 108 Å². The van der Waals surface area contributed by atoms with Gasteiger partial charge in [-0.1, -0.05) is 193 Å². The van der Waals surface area contributed by atoms with Crippen molar-refractivity contribution in [2.24, 2.45) is 0 Å². The third-order valence-electron chi connectivity index (χ3n) is 11.0. The molecule has 59 heavy (non-hydrogen) atoms. The minimum atomic E-state index is -1.51. The molecular weight excluding hydrogens is 743 g/mol. The van der Waals surface area contributed by atoms with E-state index < -0.39 is 24.3 Å². The lowest BCUT2D eigenvalue weighted by molar-refractivity contribution is -0.870. The van der Waals surface area contributed by atoms with Gasteiger partial charge in [-0.2, -0.15) is 0 Å². The van der Waals surface area contributed by atoms with E-state index in [9.17, 15) is 19.5 Å². The highest BCUT2D eigenvalue weighted by molar-refractivity contribution is 5.71. The minimum Gasteiger partial charge on any atom is -0.477 e. The molecular formula is C50H96NO8+. The molecule has 0 fully saturated rings. The number of carboxylic acids is 1. The van der Waals surface area contributed by atoms with Crippen molar-refractivity contribution >= 4 is 17.9 Å². The van der Waals surface area contributed by atoms with Gasteiger partial charge in [0.25, 0.3) is 6.29 Å².